The van der Waals surface area contributed by atoms with Crippen LogP contribution in [-0.2, 0) is 9.59 Å². The van der Waals surface area contributed by atoms with Crippen LogP contribution in [0.4, 0.5) is 0 Å². The first-order valence-corrected chi connectivity index (χ1v) is 6.38. The zero-order valence-electron chi connectivity index (χ0n) is 10.6. The Labute approximate surface area is 102 Å². The maximum atomic E-state index is 12.5. The van der Waals surface area contributed by atoms with Gasteiger partial charge < -0.3 is 15.5 Å². The fraction of sp³-hybridized carbons (Fsp3) is 0.833. The maximum Gasteiger partial charge on any atom is 0.243 e. The van der Waals surface area contributed by atoms with Gasteiger partial charge in [0, 0.05) is 13.1 Å². The van der Waals surface area contributed by atoms with Gasteiger partial charge in [0.1, 0.15) is 6.04 Å². The van der Waals surface area contributed by atoms with Crippen molar-refractivity contribution in [1.29, 1.82) is 0 Å². The summed E-state index contributed by atoms with van der Waals surface area (Å²) in [6.07, 6.45) is 3.05. The van der Waals surface area contributed by atoms with E-state index in [-0.39, 0.29) is 17.9 Å². The number of hydrogen-bond acceptors (Lipinski definition) is 3. The Morgan fingerprint density at radius 2 is 2.18 bits per heavy atom. The number of piperazine rings is 1. The quantitative estimate of drug-likeness (QED) is 0.670. The lowest BCUT2D eigenvalue weighted by molar-refractivity contribution is -0.147. The number of carbonyl (C=O) groups excluding carboxylic acids is 2. The molecule has 2 N–H and O–H groups in total. The van der Waals surface area contributed by atoms with E-state index < -0.39 is 5.54 Å². The number of rotatable bonds is 1. The molecular weight excluding hydrogens is 218 g/mol. The smallest absolute Gasteiger partial charge is 0.243 e. The average molecular weight is 239 g/mol. The summed E-state index contributed by atoms with van der Waals surface area (Å²) in [5, 5.41) is 6.08. The van der Waals surface area contributed by atoms with Crippen LogP contribution >= 0.6 is 0 Å². The largest absolute Gasteiger partial charge is 0.353 e. The normalized spacial score (nSPS) is 34.4. The molecule has 96 valence electrons. The molecule has 0 radical (unpaired) electrons. The Bertz CT molecular complexity index is 324. The van der Waals surface area contributed by atoms with Crippen molar-refractivity contribution < 1.29 is 9.59 Å². The van der Waals surface area contributed by atoms with E-state index in [0.29, 0.717) is 13.1 Å². The fourth-order valence-electron chi connectivity index (χ4n) is 2.62. The molecule has 2 aliphatic rings. The molecule has 2 unspecified atom stereocenters. The highest BCUT2D eigenvalue weighted by molar-refractivity contribution is 5.92. The highest BCUT2D eigenvalue weighted by Gasteiger charge is 2.41. The van der Waals surface area contributed by atoms with Crippen LogP contribution < -0.4 is 10.6 Å². The molecular formula is C12H21N3O2. The molecule has 5 nitrogen and oxygen atoms in total. The van der Waals surface area contributed by atoms with Crippen molar-refractivity contribution in [3.05, 3.63) is 0 Å². The minimum atomic E-state index is -0.482. The van der Waals surface area contributed by atoms with Gasteiger partial charge in [0.15, 0.2) is 0 Å². The maximum absolute atomic E-state index is 12.5. The van der Waals surface area contributed by atoms with Crippen LogP contribution in [-0.4, -0.2) is 47.9 Å². The molecule has 0 bridgehead atoms. The van der Waals surface area contributed by atoms with E-state index in [0.717, 1.165) is 25.8 Å². The van der Waals surface area contributed by atoms with Gasteiger partial charge in [-0.1, -0.05) is 0 Å². The van der Waals surface area contributed by atoms with Crippen molar-refractivity contribution in [2.24, 2.45) is 0 Å². The summed E-state index contributed by atoms with van der Waals surface area (Å²) in [6, 6.07) is -0.350. The summed E-state index contributed by atoms with van der Waals surface area (Å²) in [6.45, 7) is 5.80. The van der Waals surface area contributed by atoms with Gasteiger partial charge in [0.25, 0.3) is 0 Å². The van der Waals surface area contributed by atoms with Gasteiger partial charge in [0.05, 0.1) is 5.54 Å². The van der Waals surface area contributed by atoms with E-state index in [9.17, 15) is 9.59 Å². The van der Waals surface area contributed by atoms with Crippen molar-refractivity contribution in [3.8, 4) is 0 Å². The van der Waals surface area contributed by atoms with Crippen LogP contribution in [0.15, 0.2) is 0 Å². The zero-order valence-corrected chi connectivity index (χ0v) is 10.6. The topological polar surface area (TPSA) is 61.4 Å². The molecule has 2 amide bonds. The van der Waals surface area contributed by atoms with E-state index >= 15 is 0 Å². The highest BCUT2D eigenvalue weighted by Crippen LogP contribution is 2.22. The molecule has 2 fully saturated rings. The first kappa shape index (κ1) is 12.4. The summed E-state index contributed by atoms with van der Waals surface area (Å²) < 4.78 is 0. The van der Waals surface area contributed by atoms with E-state index in [1.807, 2.05) is 6.92 Å². The minimum absolute atomic E-state index is 0.0518. The molecule has 0 aromatic heterocycles. The third-order valence-corrected chi connectivity index (χ3v) is 3.85. The van der Waals surface area contributed by atoms with Crippen LogP contribution in [0.3, 0.4) is 0 Å². The number of amides is 2. The monoisotopic (exact) mass is 239 g/mol. The highest BCUT2D eigenvalue weighted by atomic mass is 16.2. The molecule has 17 heavy (non-hydrogen) atoms. The number of hydrogen-bond donors (Lipinski definition) is 2. The first-order valence-electron chi connectivity index (χ1n) is 6.38. The van der Waals surface area contributed by atoms with E-state index in [2.05, 4.69) is 10.6 Å². The summed E-state index contributed by atoms with van der Waals surface area (Å²) in [4.78, 5) is 25.8. The molecule has 0 saturated carbocycles. The third-order valence-electron chi connectivity index (χ3n) is 3.85. The molecule has 0 spiro atoms. The molecule has 5 heteroatoms. The predicted octanol–water partition coefficient (Wildman–Crippen LogP) is -0.134. The van der Waals surface area contributed by atoms with Crippen molar-refractivity contribution >= 4 is 11.8 Å². The first-order chi connectivity index (χ1) is 8.04. The Hall–Kier alpha value is -1.10. The van der Waals surface area contributed by atoms with Crippen LogP contribution in [0.1, 0.15) is 33.1 Å². The molecule has 0 aromatic rings. The average Bonchev–Trinajstić information content (AvgIpc) is 2.33. The van der Waals surface area contributed by atoms with Crippen LogP contribution in [0, 0.1) is 0 Å². The number of carbonyl (C=O) groups is 2. The Morgan fingerprint density at radius 1 is 1.41 bits per heavy atom. The van der Waals surface area contributed by atoms with Crippen LogP contribution in [0.25, 0.3) is 0 Å². The van der Waals surface area contributed by atoms with Crippen molar-refractivity contribution in [1.82, 2.24) is 15.5 Å². The molecule has 0 aromatic carbocycles. The second-order valence-corrected chi connectivity index (χ2v) is 5.18. The molecule has 0 aliphatic carbocycles. The van der Waals surface area contributed by atoms with E-state index in [1.54, 1.807) is 11.8 Å². The molecule has 2 atom stereocenters. The van der Waals surface area contributed by atoms with E-state index in [1.165, 1.54) is 0 Å². The molecule has 2 rings (SSSR count). The Kier molecular flexibility index (Phi) is 3.38. The van der Waals surface area contributed by atoms with Gasteiger partial charge in [-0.15, -0.1) is 0 Å². The minimum Gasteiger partial charge on any atom is -0.353 e. The van der Waals surface area contributed by atoms with Gasteiger partial charge in [-0.05, 0) is 39.7 Å². The summed E-state index contributed by atoms with van der Waals surface area (Å²) in [7, 11) is 0. The lowest BCUT2D eigenvalue weighted by atomic mass is 9.89. The van der Waals surface area contributed by atoms with E-state index in [4.69, 9.17) is 0 Å². The lowest BCUT2D eigenvalue weighted by Gasteiger charge is -2.41. The standard InChI is InChI=1S/C12H21N3O2/c1-9-10(16)13-7-8-15(9)11(17)12(2)5-3-4-6-14-12/h9,14H,3-8H2,1-2H3,(H,13,16). The van der Waals surface area contributed by atoms with Crippen molar-refractivity contribution in [2.75, 3.05) is 19.6 Å². The fourth-order valence-corrected chi connectivity index (χ4v) is 2.62. The number of nitrogens with zero attached hydrogens (tertiary/aromatic N) is 1. The molecule has 2 heterocycles. The third kappa shape index (κ3) is 2.29. The molecule has 2 aliphatic heterocycles. The predicted molar refractivity (Wildman–Crippen MR) is 64.4 cm³/mol. The number of nitrogens with one attached hydrogen (secondary N) is 2. The molecule has 2 saturated heterocycles. The summed E-state index contributed by atoms with van der Waals surface area (Å²) >= 11 is 0. The van der Waals surface area contributed by atoms with Crippen molar-refractivity contribution in [2.45, 2.75) is 44.7 Å². The van der Waals surface area contributed by atoms with Gasteiger partial charge >= 0.3 is 0 Å². The Morgan fingerprint density at radius 3 is 2.82 bits per heavy atom. The van der Waals surface area contributed by atoms with Gasteiger partial charge in [-0.25, -0.2) is 0 Å². The zero-order chi connectivity index (χ0) is 12.5. The van der Waals surface area contributed by atoms with Gasteiger partial charge in [-0.3, -0.25) is 9.59 Å². The second-order valence-electron chi connectivity index (χ2n) is 5.18. The van der Waals surface area contributed by atoms with Gasteiger partial charge in [-0.2, -0.15) is 0 Å². The van der Waals surface area contributed by atoms with Crippen molar-refractivity contribution in [3.63, 3.8) is 0 Å². The lowest BCUT2D eigenvalue weighted by Crippen LogP contribution is -2.64. The second kappa shape index (κ2) is 4.64. The van der Waals surface area contributed by atoms with Gasteiger partial charge in [0.2, 0.25) is 11.8 Å². The van der Waals surface area contributed by atoms with Crippen LogP contribution in [0.2, 0.25) is 0 Å². The SMILES string of the molecule is CC1C(=O)NCCN1C(=O)C1(C)CCCCN1. The van der Waals surface area contributed by atoms with Crippen LogP contribution in [0.5, 0.6) is 0 Å². The summed E-state index contributed by atoms with van der Waals surface area (Å²) in [5.41, 5.74) is -0.482. The Balaban J connectivity index is 2.10. The summed E-state index contributed by atoms with van der Waals surface area (Å²) in [5.74, 6) is 0.0172. The number of piperidine rings is 1.